The van der Waals surface area contributed by atoms with Crippen molar-refractivity contribution in [1.29, 1.82) is 0 Å². The molecule has 2 aromatic rings. The Hall–Kier alpha value is -2.55. The number of aryl methyl sites for hydroxylation is 2. The van der Waals surface area contributed by atoms with Gasteiger partial charge in [-0.25, -0.2) is 0 Å². The summed E-state index contributed by atoms with van der Waals surface area (Å²) in [5, 5.41) is 8.75. The summed E-state index contributed by atoms with van der Waals surface area (Å²) in [5.41, 5.74) is 9.89. The van der Waals surface area contributed by atoms with Crippen LogP contribution in [0.4, 0.5) is 0 Å². The smallest absolute Gasteiger partial charge is 0.252 e. The van der Waals surface area contributed by atoms with E-state index in [1.807, 2.05) is 6.92 Å². The Balaban J connectivity index is 1.56. The summed E-state index contributed by atoms with van der Waals surface area (Å²) in [5.74, 6) is 0.754. The van der Waals surface area contributed by atoms with Gasteiger partial charge >= 0.3 is 0 Å². The van der Waals surface area contributed by atoms with E-state index in [-0.39, 0.29) is 17.3 Å². The van der Waals surface area contributed by atoms with E-state index in [9.17, 15) is 9.59 Å². The Morgan fingerprint density at radius 3 is 2.60 bits per heavy atom. The van der Waals surface area contributed by atoms with Crippen LogP contribution in [0, 0.1) is 13.8 Å². The van der Waals surface area contributed by atoms with Crippen LogP contribution in [-0.2, 0) is 10.5 Å². The maximum absolute atomic E-state index is 12.6. The van der Waals surface area contributed by atoms with Gasteiger partial charge in [0, 0.05) is 11.3 Å². The second kappa shape index (κ2) is 9.97. The van der Waals surface area contributed by atoms with Crippen LogP contribution in [0.2, 0.25) is 0 Å². The van der Waals surface area contributed by atoms with Crippen LogP contribution in [0.1, 0.15) is 34.0 Å². The zero-order chi connectivity index (χ0) is 21.7. The fourth-order valence-electron chi connectivity index (χ4n) is 3.16. The summed E-state index contributed by atoms with van der Waals surface area (Å²) in [4.78, 5) is 25.1. The van der Waals surface area contributed by atoms with Crippen LogP contribution in [0.5, 0.6) is 5.75 Å². The highest BCUT2D eigenvalue weighted by atomic mass is 32.2. The number of thioether (sulfide) groups is 1. The topological polar surface area (TPSA) is 105 Å². The normalized spacial score (nSPS) is 21.1. The Kier molecular flexibility index (Phi) is 7.36. The number of amides is 2. The number of nitrogens with two attached hydrogens (primary N) is 1. The number of ether oxygens (including phenoxy) is 1. The molecule has 3 rings (SSSR count). The molecule has 0 radical (unpaired) electrons. The van der Waals surface area contributed by atoms with Gasteiger partial charge in [0.05, 0.1) is 12.8 Å². The quantitative estimate of drug-likeness (QED) is 0.538. The van der Waals surface area contributed by atoms with E-state index in [1.165, 1.54) is 16.7 Å². The molecule has 160 valence electrons. The molecule has 1 saturated heterocycles. The third-order valence-electron chi connectivity index (χ3n) is 4.88. The minimum atomic E-state index is -0.860. The van der Waals surface area contributed by atoms with Crippen molar-refractivity contribution in [2.45, 2.75) is 44.2 Å². The minimum Gasteiger partial charge on any atom is -0.494 e. The lowest BCUT2D eigenvalue weighted by atomic mass is 10.1. The molecule has 8 heteroatoms. The molecule has 0 aliphatic carbocycles. The van der Waals surface area contributed by atoms with Gasteiger partial charge in [-0.05, 0) is 56.2 Å². The van der Waals surface area contributed by atoms with E-state index >= 15 is 0 Å². The van der Waals surface area contributed by atoms with Gasteiger partial charge in [-0.15, -0.1) is 11.8 Å². The molecular weight excluding hydrogens is 400 g/mol. The highest BCUT2D eigenvalue weighted by Gasteiger charge is 2.35. The summed E-state index contributed by atoms with van der Waals surface area (Å²) in [6.07, 6.45) is -0.693. The van der Waals surface area contributed by atoms with Crippen molar-refractivity contribution in [3.8, 4) is 5.75 Å². The van der Waals surface area contributed by atoms with Crippen molar-refractivity contribution in [3.63, 3.8) is 0 Å². The first kappa shape index (κ1) is 22.1. The second-order valence-corrected chi connectivity index (χ2v) is 8.32. The fraction of sp³-hybridized carbons (Fsp3) is 0.364. The van der Waals surface area contributed by atoms with Gasteiger partial charge in [0.25, 0.3) is 5.91 Å². The number of rotatable bonds is 7. The van der Waals surface area contributed by atoms with Gasteiger partial charge in [0.1, 0.15) is 17.3 Å². The summed E-state index contributed by atoms with van der Waals surface area (Å²) in [6, 6.07) is 12.2. The Labute approximate surface area is 181 Å². The van der Waals surface area contributed by atoms with Crippen molar-refractivity contribution in [2.24, 2.45) is 5.73 Å². The lowest BCUT2D eigenvalue weighted by Crippen LogP contribution is -2.70. The van der Waals surface area contributed by atoms with Crippen LogP contribution in [0.3, 0.4) is 0 Å². The summed E-state index contributed by atoms with van der Waals surface area (Å²) < 4.78 is 5.38. The molecule has 1 heterocycles. The number of carbonyl (C=O) groups is 2. The molecule has 0 spiro atoms. The van der Waals surface area contributed by atoms with Gasteiger partial charge in [0.15, 0.2) is 0 Å². The van der Waals surface area contributed by atoms with Crippen molar-refractivity contribution in [2.75, 3.05) is 6.61 Å². The van der Waals surface area contributed by atoms with Gasteiger partial charge in [-0.1, -0.05) is 23.8 Å². The molecule has 2 aromatic carbocycles. The van der Waals surface area contributed by atoms with Crippen molar-refractivity contribution in [1.82, 2.24) is 16.0 Å². The van der Waals surface area contributed by atoms with Crippen molar-refractivity contribution in [3.05, 3.63) is 64.7 Å². The lowest BCUT2D eigenvalue weighted by Gasteiger charge is -2.35. The zero-order valence-corrected chi connectivity index (χ0v) is 18.2. The maximum Gasteiger partial charge on any atom is 0.252 e. The highest BCUT2D eigenvalue weighted by Crippen LogP contribution is 2.21. The first-order valence-corrected chi connectivity index (χ1v) is 11.0. The van der Waals surface area contributed by atoms with E-state index in [0.29, 0.717) is 17.9 Å². The summed E-state index contributed by atoms with van der Waals surface area (Å²) >= 11 is 1.55. The predicted molar refractivity (Wildman–Crippen MR) is 119 cm³/mol. The van der Waals surface area contributed by atoms with E-state index in [4.69, 9.17) is 10.5 Å². The molecule has 1 fully saturated rings. The SMILES string of the molecule is CCOc1ccc(C(=O)NC2C(=O)NC(SCc3cc(C)ccc3C)NC2N)cc1. The van der Waals surface area contributed by atoms with Crippen molar-refractivity contribution >= 4 is 23.6 Å². The van der Waals surface area contributed by atoms with E-state index in [0.717, 1.165) is 5.75 Å². The average Bonchev–Trinajstić information content (AvgIpc) is 2.72. The first-order valence-electron chi connectivity index (χ1n) is 9.91. The molecule has 0 saturated carbocycles. The minimum absolute atomic E-state index is 0.306. The number of hydrogen-bond donors (Lipinski definition) is 4. The molecule has 3 atom stereocenters. The van der Waals surface area contributed by atoms with Crippen LogP contribution in [0.15, 0.2) is 42.5 Å². The Morgan fingerprint density at radius 1 is 1.20 bits per heavy atom. The molecule has 1 aliphatic heterocycles. The van der Waals surface area contributed by atoms with Gasteiger partial charge < -0.3 is 21.1 Å². The third-order valence-corrected chi connectivity index (χ3v) is 5.95. The van der Waals surface area contributed by atoms with Crippen LogP contribution in [-0.4, -0.2) is 36.1 Å². The second-order valence-electron chi connectivity index (χ2n) is 7.23. The first-order chi connectivity index (χ1) is 14.4. The highest BCUT2D eigenvalue weighted by molar-refractivity contribution is 7.99. The van der Waals surface area contributed by atoms with Gasteiger partial charge in [-0.2, -0.15) is 0 Å². The number of carbonyl (C=O) groups excluding carboxylic acids is 2. The zero-order valence-electron chi connectivity index (χ0n) is 17.4. The van der Waals surface area contributed by atoms with E-state index in [2.05, 4.69) is 48.0 Å². The van der Waals surface area contributed by atoms with Gasteiger partial charge in [0.2, 0.25) is 5.91 Å². The molecule has 7 nitrogen and oxygen atoms in total. The molecule has 2 amide bonds. The molecule has 0 bridgehead atoms. The summed E-state index contributed by atoms with van der Waals surface area (Å²) in [6.45, 7) is 6.57. The number of benzene rings is 2. The van der Waals surface area contributed by atoms with Crippen LogP contribution >= 0.6 is 11.8 Å². The molecule has 5 N–H and O–H groups in total. The summed E-state index contributed by atoms with van der Waals surface area (Å²) in [7, 11) is 0. The van der Waals surface area contributed by atoms with Crippen molar-refractivity contribution < 1.29 is 14.3 Å². The number of nitrogens with one attached hydrogen (secondary N) is 3. The predicted octanol–water partition coefficient (Wildman–Crippen LogP) is 2.02. The van der Waals surface area contributed by atoms with E-state index < -0.39 is 12.2 Å². The molecule has 1 aliphatic rings. The van der Waals surface area contributed by atoms with E-state index in [1.54, 1.807) is 36.0 Å². The van der Waals surface area contributed by atoms with Crippen LogP contribution < -0.4 is 26.4 Å². The monoisotopic (exact) mass is 428 g/mol. The average molecular weight is 429 g/mol. The van der Waals surface area contributed by atoms with Crippen LogP contribution in [0.25, 0.3) is 0 Å². The Morgan fingerprint density at radius 2 is 1.93 bits per heavy atom. The molecular formula is C22H28N4O3S. The molecule has 30 heavy (non-hydrogen) atoms. The number of hydrogen-bond acceptors (Lipinski definition) is 6. The standard InChI is InChI=1S/C22H28N4O3S/c1-4-29-17-9-7-15(8-10-17)20(27)24-18-19(23)25-22(26-21(18)28)30-12-16-11-13(2)5-6-14(16)3/h5-11,18-19,22,25H,4,12,23H2,1-3H3,(H,24,27)(H,26,28). The largest absolute Gasteiger partial charge is 0.494 e. The third kappa shape index (κ3) is 5.53. The van der Waals surface area contributed by atoms with Gasteiger partial charge in [-0.3, -0.25) is 14.9 Å². The molecule has 0 aromatic heterocycles. The Bertz CT molecular complexity index is 904. The lowest BCUT2D eigenvalue weighted by molar-refractivity contribution is -0.125. The maximum atomic E-state index is 12.6. The molecule has 3 unspecified atom stereocenters. The fourth-order valence-corrected chi connectivity index (χ4v) is 4.27.